The lowest BCUT2D eigenvalue weighted by atomic mass is 10.2. The first-order chi connectivity index (χ1) is 11.3. The lowest BCUT2D eigenvalue weighted by Gasteiger charge is -2.04. The van der Waals surface area contributed by atoms with Crippen LogP contribution >= 0.6 is 23.3 Å². The number of thiazole rings is 1. The fourth-order valence-corrected chi connectivity index (χ4v) is 3.79. The van der Waals surface area contributed by atoms with Gasteiger partial charge in [-0.05, 0) is 18.0 Å². The first-order valence-corrected chi connectivity index (χ1v) is 8.23. The monoisotopic (exact) mass is 339 g/mol. The van der Waals surface area contributed by atoms with Crippen molar-refractivity contribution >= 4 is 39.9 Å². The summed E-state index contributed by atoms with van der Waals surface area (Å²) in [5.41, 5.74) is 3.20. The van der Waals surface area contributed by atoms with Gasteiger partial charge in [0.2, 0.25) is 0 Å². The van der Waals surface area contributed by atoms with E-state index in [0.29, 0.717) is 5.56 Å². The summed E-state index contributed by atoms with van der Waals surface area (Å²) < 4.78 is 4.31. The Labute approximate surface area is 138 Å². The molecule has 0 saturated heterocycles. The molecular weight excluding hydrogens is 330 g/mol. The van der Waals surface area contributed by atoms with Crippen LogP contribution < -0.4 is 4.72 Å². The molecule has 3 heterocycles. The minimum absolute atomic E-state index is 0.639. The van der Waals surface area contributed by atoms with Gasteiger partial charge in [0.05, 0.1) is 29.2 Å². The number of aromatic nitrogens is 5. The molecule has 0 aliphatic heterocycles. The summed E-state index contributed by atoms with van der Waals surface area (Å²) in [6, 6.07) is 8.00. The van der Waals surface area contributed by atoms with Crippen LogP contribution in [0.5, 0.6) is 0 Å². The Kier molecular flexibility index (Phi) is 3.45. The van der Waals surface area contributed by atoms with E-state index in [1.165, 1.54) is 23.3 Å². The van der Waals surface area contributed by atoms with Crippen LogP contribution in [0.25, 0.3) is 21.6 Å². The van der Waals surface area contributed by atoms with Crippen LogP contribution in [0, 0.1) is 11.3 Å². The van der Waals surface area contributed by atoms with Gasteiger partial charge in [0.1, 0.15) is 21.0 Å². The zero-order valence-electron chi connectivity index (χ0n) is 11.6. The van der Waals surface area contributed by atoms with Crippen LogP contribution in [-0.2, 0) is 0 Å². The largest absolute Gasteiger partial charge is 0.358 e. The molecule has 0 spiro atoms. The van der Waals surface area contributed by atoms with Gasteiger partial charge in [0.25, 0.3) is 0 Å². The normalized spacial score (nSPS) is 10.7. The predicted molar refractivity (Wildman–Crippen MR) is 90.0 cm³/mol. The summed E-state index contributed by atoms with van der Waals surface area (Å²) in [5.74, 6) is 0. The van der Waals surface area contributed by atoms with E-state index < -0.39 is 0 Å². The zero-order chi connectivity index (χ0) is 15.6. The van der Waals surface area contributed by atoms with E-state index >= 15 is 0 Å². The number of hydrogen-bond donors (Lipinski definition) is 3. The van der Waals surface area contributed by atoms with Crippen LogP contribution in [0.15, 0.2) is 41.0 Å². The molecule has 112 valence electrons. The fraction of sp³-hybridized carbons (Fsp3) is 0. The van der Waals surface area contributed by atoms with Crippen molar-refractivity contribution < 1.29 is 0 Å². The number of benzene rings is 1. The lowest BCUT2D eigenvalue weighted by Crippen LogP contribution is -1.86. The van der Waals surface area contributed by atoms with Crippen molar-refractivity contribution in [2.45, 2.75) is 4.21 Å². The van der Waals surface area contributed by atoms with E-state index in [1.807, 2.05) is 18.2 Å². The van der Waals surface area contributed by atoms with Gasteiger partial charge < -0.3 is 9.71 Å². The van der Waals surface area contributed by atoms with E-state index in [9.17, 15) is 0 Å². The minimum Gasteiger partial charge on any atom is -0.358 e. The summed E-state index contributed by atoms with van der Waals surface area (Å²) in [7, 11) is 0. The average molecular weight is 339 g/mol. The highest BCUT2D eigenvalue weighted by Crippen LogP contribution is 2.33. The smallest absolute Gasteiger partial charge is 0.146 e. The highest BCUT2D eigenvalue weighted by Gasteiger charge is 2.10. The first kappa shape index (κ1) is 13.8. The van der Waals surface area contributed by atoms with Crippen molar-refractivity contribution in [1.29, 1.82) is 5.26 Å². The summed E-state index contributed by atoms with van der Waals surface area (Å²) in [5, 5.41) is 21.2. The Bertz CT molecular complexity index is 994. The molecule has 0 saturated carbocycles. The second kappa shape index (κ2) is 5.75. The highest BCUT2D eigenvalue weighted by molar-refractivity contribution is 8.02. The Morgan fingerprint density at radius 1 is 1.30 bits per heavy atom. The molecule has 4 aromatic rings. The number of H-pyrrole nitrogens is 2. The molecule has 0 atom stereocenters. The van der Waals surface area contributed by atoms with Gasteiger partial charge in [0, 0.05) is 11.6 Å². The van der Waals surface area contributed by atoms with Crippen LogP contribution in [0.4, 0.5) is 5.69 Å². The molecule has 0 fully saturated rings. The van der Waals surface area contributed by atoms with Crippen LogP contribution in [0.2, 0.25) is 0 Å². The SMILES string of the molecule is N#Cc1c[nH]c2c(NSc3cnc(-c4cn[nH]n4)s3)cccc12. The second-order valence-electron chi connectivity index (χ2n) is 4.59. The fourth-order valence-electron chi connectivity index (χ4n) is 2.17. The van der Waals surface area contributed by atoms with Crippen LogP contribution in [0.3, 0.4) is 0 Å². The number of nitrogens with zero attached hydrogens (tertiary/aromatic N) is 4. The third-order valence-electron chi connectivity index (χ3n) is 3.22. The van der Waals surface area contributed by atoms with Gasteiger partial charge >= 0.3 is 0 Å². The predicted octanol–water partition coefficient (Wildman–Crippen LogP) is 3.40. The van der Waals surface area contributed by atoms with E-state index in [4.69, 9.17) is 5.26 Å². The van der Waals surface area contributed by atoms with Crippen LogP contribution in [0.1, 0.15) is 5.56 Å². The molecule has 0 amide bonds. The maximum atomic E-state index is 9.10. The second-order valence-corrected chi connectivity index (χ2v) is 6.72. The van der Waals surface area contributed by atoms with E-state index in [-0.39, 0.29) is 0 Å². The molecule has 3 N–H and O–H groups in total. The first-order valence-electron chi connectivity index (χ1n) is 6.60. The Hall–Kier alpha value is -2.83. The average Bonchev–Trinajstić information content (AvgIpc) is 3.31. The molecule has 7 nitrogen and oxygen atoms in total. The van der Waals surface area contributed by atoms with E-state index in [1.54, 1.807) is 18.6 Å². The van der Waals surface area contributed by atoms with E-state index in [2.05, 4.69) is 36.2 Å². The number of anilines is 1. The molecule has 9 heteroatoms. The molecule has 0 radical (unpaired) electrons. The van der Waals surface area contributed by atoms with Crippen molar-refractivity contribution in [3.8, 4) is 16.8 Å². The number of aromatic amines is 2. The van der Waals surface area contributed by atoms with E-state index in [0.717, 1.165) is 31.5 Å². The molecule has 0 aliphatic rings. The zero-order valence-corrected chi connectivity index (χ0v) is 13.2. The maximum absolute atomic E-state index is 9.10. The van der Waals surface area contributed by atoms with Crippen molar-refractivity contribution in [2.75, 3.05) is 4.72 Å². The van der Waals surface area contributed by atoms with Gasteiger partial charge in [-0.15, -0.1) is 11.3 Å². The number of rotatable bonds is 4. The summed E-state index contributed by atoms with van der Waals surface area (Å²) in [4.78, 5) is 7.47. The van der Waals surface area contributed by atoms with Gasteiger partial charge in [-0.25, -0.2) is 4.98 Å². The highest BCUT2D eigenvalue weighted by atomic mass is 32.2. The lowest BCUT2D eigenvalue weighted by molar-refractivity contribution is 0.941. The van der Waals surface area contributed by atoms with Gasteiger partial charge in [0.15, 0.2) is 0 Å². The molecular formula is C14H9N7S2. The third kappa shape index (κ3) is 2.54. The molecule has 4 rings (SSSR count). The molecule has 1 aromatic carbocycles. The Morgan fingerprint density at radius 3 is 3.09 bits per heavy atom. The number of fused-ring (bicyclic) bond motifs is 1. The third-order valence-corrected chi connectivity index (χ3v) is 5.16. The van der Waals surface area contributed by atoms with Crippen molar-refractivity contribution in [3.63, 3.8) is 0 Å². The van der Waals surface area contributed by atoms with Crippen molar-refractivity contribution in [3.05, 3.63) is 42.4 Å². The van der Waals surface area contributed by atoms with Crippen molar-refractivity contribution in [2.24, 2.45) is 0 Å². The number of hydrogen-bond acceptors (Lipinski definition) is 7. The quantitative estimate of drug-likeness (QED) is 0.492. The molecule has 23 heavy (non-hydrogen) atoms. The molecule has 3 aromatic heterocycles. The Morgan fingerprint density at radius 2 is 2.26 bits per heavy atom. The Balaban J connectivity index is 1.56. The number of para-hydroxylation sites is 1. The summed E-state index contributed by atoms with van der Waals surface area (Å²) >= 11 is 3.00. The number of nitriles is 1. The van der Waals surface area contributed by atoms with Gasteiger partial charge in [-0.3, -0.25) is 0 Å². The summed E-state index contributed by atoms with van der Waals surface area (Å²) in [6.07, 6.45) is 5.15. The minimum atomic E-state index is 0.639. The molecule has 0 bridgehead atoms. The van der Waals surface area contributed by atoms with Gasteiger partial charge in [-0.2, -0.15) is 20.7 Å². The summed E-state index contributed by atoms with van der Waals surface area (Å²) in [6.45, 7) is 0. The standard InChI is InChI=1S/C14H9N7S2/c15-4-8-5-16-13-9(8)2-1-3-10(13)20-23-12-7-17-14(22-12)11-6-18-21-19-11/h1-3,5-7,16,20H,(H,18,19,21). The topological polar surface area (TPSA) is 106 Å². The number of nitrogens with one attached hydrogen (secondary N) is 3. The van der Waals surface area contributed by atoms with Crippen LogP contribution in [-0.4, -0.2) is 25.4 Å². The molecule has 0 aliphatic carbocycles. The van der Waals surface area contributed by atoms with Crippen molar-refractivity contribution in [1.82, 2.24) is 25.4 Å². The maximum Gasteiger partial charge on any atom is 0.146 e. The molecule has 0 unspecified atom stereocenters. The van der Waals surface area contributed by atoms with Gasteiger partial charge in [-0.1, -0.05) is 12.1 Å².